The first-order valence-corrected chi connectivity index (χ1v) is 7.08. The summed E-state index contributed by atoms with van der Waals surface area (Å²) in [4.78, 5) is 53.5. The van der Waals surface area contributed by atoms with E-state index in [-0.39, 0.29) is 0 Å². The van der Waals surface area contributed by atoms with Gasteiger partial charge in [-0.2, -0.15) is 20.0 Å². The zero-order valence-corrected chi connectivity index (χ0v) is 13.9. The molecule has 26 heavy (non-hydrogen) atoms. The second-order valence-corrected chi connectivity index (χ2v) is 4.75. The number of benzene rings is 2. The SMILES string of the molecule is Cc1cc(C)c(N=C=O)cc1N=C=O.O=C=Nc1ccc(N=C=O)cc1. The summed E-state index contributed by atoms with van der Waals surface area (Å²) in [5.74, 6) is 0. The molecule has 0 amide bonds. The van der Waals surface area contributed by atoms with Gasteiger partial charge in [0.05, 0.1) is 22.7 Å². The Morgan fingerprint density at radius 1 is 0.577 bits per heavy atom. The summed E-state index contributed by atoms with van der Waals surface area (Å²) in [6.45, 7) is 3.63. The highest BCUT2D eigenvalue weighted by molar-refractivity contribution is 5.64. The number of hydrogen-bond acceptors (Lipinski definition) is 8. The minimum Gasteiger partial charge on any atom is -0.211 e. The van der Waals surface area contributed by atoms with Crippen LogP contribution in [0.4, 0.5) is 22.7 Å². The first-order chi connectivity index (χ1) is 12.5. The Morgan fingerprint density at radius 3 is 1.23 bits per heavy atom. The molecule has 0 aromatic heterocycles. The van der Waals surface area contributed by atoms with Crippen molar-refractivity contribution in [2.24, 2.45) is 20.0 Å². The molecular weight excluding hydrogens is 336 g/mol. The van der Waals surface area contributed by atoms with Gasteiger partial charge in [0.2, 0.25) is 24.3 Å². The third-order valence-corrected chi connectivity index (χ3v) is 3.05. The van der Waals surface area contributed by atoms with Crippen molar-refractivity contribution in [3.63, 3.8) is 0 Å². The standard InChI is InChI=1S/C10H8N2O2.C8H4N2O2/c1-7-3-8(2)10(12-6-14)4-9(7)11-5-13;11-5-9-7-1-2-8(4-3-7)10-6-12/h3-4H,1-2H3;1-4H. The third kappa shape index (κ3) is 6.22. The molecule has 0 unspecified atom stereocenters. The van der Waals surface area contributed by atoms with Gasteiger partial charge >= 0.3 is 0 Å². The monoisotopic (exact) mass is 348 g/mol. The molecule has 2 aromatic rings. The van der Waals surface area contributed by atoms with E-state index in [9.17, 15) is 19.2 Å². The summed E-state index contributed by atoms with van der Waals surface area (Å²) in [6, 6.07) is 9.58. The summed E-state index contributed by atoms with van der Waals surface area (Å²) in [5, 5.41) is 0. The van der Waals surface area contributed by atoms with Crippen LogP contribution in [-0.2, 0) is 19.2 Å². The Labute approximate surface area is 148 Å². The van der Waals surface area contributed by atoms with Crippen LogP contribution in [-0.4, -0.2) is 24.3 Å². The van der Waals surface area contributed by atoms with Crippen molar-refractivity contribution in [2.45, 2.75) is 13.8 Å². The van der Waals surface area contributed by atoms with Crippen molar-refractivity contribution in [2.75, 3.05) is 0 Å². The fourth-order valence-corrected chi connectivity index (χ4v) is 1.88. The lowest BCUT2D eigenvalue weighted by Crippen LogP contribution is -1.79. The predicted octanol–water partition coefficient (Wildman–Crippen LogP) is 3.86. The van der Waals surface area contributed by atoms with Crippen LogP contribution in [0.5, 0.6) is 0 Å². The predicted molar refractivity (Wildman–Crippen MR) is 93.5 cm³/mol. The molecule has 0 radical (unpaired) electrons. The summed E-state index contributed by atoms with van der Waals surface area (Å²) >= 11 is 0. The van der Waals surface area contributed by atoms with Crippen molar-refractivity contribution in [1.82, 2.24) is 0 Å². The van der Waals surface area contributed by atoms with Crippen LogP contribution in [0.15, 0.2) is 56.4 Å². The summed E-state index contributed by atoms with van der Waals surface area (Å²) < 4.78 is 0. The smallest absolute Gasteiger partial charge is 0.211 e. The number of hydrogen-bond donors (Lipinski definition) is 0. The van der Waals surface area contributed by atoms with E-state index in [0.29, 0.717) is 22.7 Å². The van der Waals surface area contributed by atoms with E-state index in [1.807, 2.05) is 13.8 Å². The van der Waals surface area contributed by atoms with Gasteiger partial charge in [-0.1, -0.05) is 6.07 Å². The van der Waals surface area contributed by atoms with Gasteiger partial charge in [-0.3, -0.25) is 0 Å². The molecule has 0 saturated carbocycles. The largest absolute Gasteiger partial charge is 0.240 e. The summed E-state index contributed by atoms with van der Waals surface area (Å²) in [5.41, 5.74) is 3.59. The minimum atomic E-state index is 0.472. The average molecular weight is 348 g/mol. The lowest BCUT2D eigenvalue weighted by Gasteiger charge is -2.02. The highest BCUT2D eigenvalue weighted by Crippen LogP contribution is 2.28. The molecular formula is C18H12N4O4. The zero-order valence-electron chi connectivity index (χ0n) is 13.9. The highest BCUT2D eigenvalue weighted by atomic mass is 16.1. The first-order valence-electron chi connectivity index (χ1n) is 7.08. The fraction of sp³-hybridized carbons (Fsp3) is 0.111. The van der Waals surface area contributed by atoms with Gasteiger partial charge in [-0.15, -0.1) is 0 Å². The molecule has 128 valence electrons. The van der Waals surface area contributed by atoms with Crippen LogP contribution < -0.4 is 0 Å². The van der Waals surface area contributed by atoms with Gasteiger partial charge in [0.15, 0.2) is 0 Å². The Balaban J connectivity index is 0.000000263. The molecule has 2 aromatic carbocycles. The van der Waals surface area contributed by atoms with E-state index in [2.05, 4.69) is 20.0 Å². The van der Waals surface area contributed by atoms with Crippen LogP contribution in [0.2, 0.25) is 0 Å². The molecule has 0 aliphatic rings. The van der Waals surface area contributed by atoms with Crippen molar-refractivity contribution in [3.05, 3.63) is 47.5 Å². The quantitative estimate of drug-likeness (QED) is 0.615. The summed E-state index contributed by atoms with van der Waals surface area (Å²) in [7, 11) is 0. The molecule has 8 heteroatoms. The number of nitrogens with zero attached hydrogens (tertiary/aromatic N) is 4. The first kappa shape index (κ1) is 20.0. The Morgan fingerprint density at radius 2 is 0.923 bits per heavy atom. The van der Waals surface area contributed by atoms with Gasteiger partial charge in [0.1, 0.15) is 0 Å². The maximum atomic E-state index is 10.1. The Kier molecular flexibility index (Phi) is 8.22. The van der Waals surface area contributed by atoms with E-state index in [0.717, 1.165) is 11.1 Å². The molecule has 0 heterocycles. The number of rotatable bonds is 4. The number of aliphatic imine (C=N–C) groups is 4. The van der Waals surface area contributed by atoms with Crippen molar-refractivity contribution >= 4 is 47.1 Å². The molecule has 0 fully saturated rings. The molecule has 0 bridgehead atoms. The van der Waals surface area contributed by atoms with Crippen molar-refractivity contribution in [3.8, 4) is 0 Å². The Bertz CT molecular complexity index is 897. The number of isocyanates is 4. The molecule has 8 nitrogen and oxygen atoms in total. The van der Waals surface area contributed by atoms with Gasteiger partial charge < -0.3 is 0 Å². The zero-order chi connectivity index (χ0) is 19.4. The van der Waals surface area contributed by atoms with E-state index in [4.69, 9.17) is 0 Å². The van der Waals surface area contributed by atoms with Crippen LogP contribution in [0.1, 0.15) is 11.1 Å². The van der Waals surface area contributed by atoms with Crippen LogP contribution in [0.3, 0.4) is 0 Å². The van der Waals surface area contributed by atoms with Gasteiger partial charge in [-0.25, -0.2) is 19.2 Å². The lowest BCUT2D eigenvalue weighted by molar-refractivity contribution is 0.564. The molecule has 0 aliphatic carbocycles. The van der Waals surface area contributed by atoms with Crippen molar-refractivity contribution in [1.29, 1.82) is 0 Å². The van der Waals surface area contributed by atoms with Crippen molar-refractivity contribution < 1.29 is 19.2 Å². The van der Waals surface area contributed by atoms with E-state index in [1.165, 1.54) is 24.3 Å². The molecule has 0 atom stereocenters. The highest BCUT2D eigenvalue weighted by Gasteiger charge is 2.02. The number of carbonyl (C=O) groups excluding carboxylic acids is 4. The van der Waals surface area contributed by atoms with E-state index in [1.54, 1.807) is 36.4 Å². The topological polar surface area (TPSA) is 118 Å². The van der Waals surface area contributed by atoms with E-state index < -0.39 is 0 Å². The molecule has 0 spiro atoms. The number of aryl methyl sites for hydroxylation is 2. The molecule has 0 saturated heterocycles. The third-order valence-electron chi connectivity index (χ3n) is 3.05. The molecule has 0 aliphatic heterocycles. The molecule has 2 rings (SSSR count). The van der Waals surface area contributed by atoms with Gasteiger partial charge in [0, 0.05) is 0 Å². The molecule has 0 N–H and O–H groups in total. The van der Waals surface area contributed by atoms with Gasteiger partial charge in [0.25, 0.3) is 0 Å². The van der Waals surface area contributed by atoms with Gasteiger partial charge in [-0.05, 0) is 55.3 Å². The van der Waals surface area contributed by atoms with Crippen LogP contribution in [0.25, 0.3) is 0 Å². The minimum absolute atomic E-state index is 0.472. The fourth-order valence-electron chi connectivity index (χ4n) is 1.88. The maximum absolute atomic E-state index is 10.1. The normalized spacial score (nSPS) is 8.38. The second-order valence-electron chi connectivity index (χ2n) is 4.75. The van der Waals surface area contributed by atoms with Crippen LogP contribution >= 0.6 is 0 Å². The summed E-state index contributed by atoms with van der Waals surface area (Å²) in [6.07, 6.45) is 5.70. The lowest BCUT2D eigenvalue weighted by atomic mass is 10.1. The second kappa shape index (κ2) is 10.7. The van der Waals surface area contributed by atoms with E-state index >= 15 is 0 Å². The van der Waals surface area contributed by atoms with Crippen LogP contribution in [0, 0.1) is 13.8 Å². The average Bonchev–Trinajstić information content (AvgIpc) is 2.62. The Hall–Kier alpha value is -4.04. The maximum Gasteiger partial charge on any atom is 0.240 e.